The van der Waals surface area contributed by atoms with Crippen LogP contribution in [0.25, 0.3) is 0 Å². The summed E-state index contributed by atoms with van der Waals surface area (Å²) in [5, 5.41) is 6.95. The predicted octanol–water partition coefficient (Wildman–Crippen LogP) is 1.55. The topological polar surface area (TPSA) is 60.0 Å². The van der Waals surface area contributed by atoms with Gasteiger partial charge in [-0.25, -0.2) is 4.98 Å². The van der Waals surface area contributed by atoms with Gasteiger partial charge in [0, 0.05) is 13.5 Å². The quantitative estimate of drug-likeness (QED) is 0.851. The fraction of sp³-hybridized carbons (Fsp3) is 0.333. The van der Waals surface area contributed by atoms with E-state index in [1.54, 1.807) is 14.2 Å². The average molecular weight is 233 g/mol. The molecule has 0 atom stereocenters. The van der Waals surface area contributed by atoms with Gasteiger partial charge in [-0.3, -0.25) is 5.10 Å². The molecule has 0 unspecified atom stereocenters. The van der Waals surface area contributed by atoms with Crippen molar-refractivity contribution in [2.24, 2.45) is 0 Å². The van der Waals surface area contributed by atoms with E-state index in [4.69, 9.17) is 9.47 Å². The molecule has 0 aliphatic heterocycles. The molecule has 0 aliphatic rings. The van der Waals surface area contributed by atoms with Crippen LogP contribution in [0.5, 0.6) is 5.75 Å². The molecule has 0 fully saturated rings. The second kappa shape index (κ2) is 5.45. The van der Waals surface area contributed by atoms with Crippen LogP contribution in [0, 0.1) is 0 Å². The summed E-state index contributed by atoms with van der Waals surface area (Å²) in [5.41, 5.74) is 1.16. The SMILES string of the molecule is COCc1n[nH]c(Cc2ccc(OC)cc2)n1. The van der Waals surface area contributed by atoms with Crippen LogP contribution in [0.4, 0.5) is 0 Å². The maximum atomic E-state index is 5.10. The molecule has 17 heavy (non-hydrogen) atoms. The lowest BCUT2D eigenvalue weighted by Crippen LogP contribution is -1.92. The number of H-pyrrole nitrogens is 1. The Morgan fingerprint density at radius 2 is 1.94 bits per heavy atom. The first-order chi connectivity index (χ1) is 8.31. The summed E-state index contributed by atoms with van der Waals surface area (Å²) in [4.78, 5) is 4.31. The molecule has 1 aromatic heterocycles. The fourth-order valence-electron chi connectivity index (χ4n) is 1.54. The highest BCUT2D eigenvalue weighted by atomic mass is 16.5. The molecule has 0 spiro atoms. The Morgan fingerprint density at radius 3 is 2.59 bits per heavy atom. The first-order valence-corrected chi connectivity index (χ1v) is 5.34. The van der Waals surface area contributed by atoms with Crippen LogP contribution in [0.15, 0.2) is 24.3 Å². The van der Waals surface area contributed by atoms with E-state index >= 15 is 0 Å². The van der Waals surface area contributed by atoms with E-state index in [2.05, 4.69) is 15.2 Å². The summed E-state index contributed by atoms with van der Waals surface area (Å²) in [5.74, 6) is 2.37. The number of aromatic nitrogens is 3. The fourth-order valence-corrected chi connectivity index (χ4v) is 1.54. The Labute approximate surface area is 99.8 Å². The van der Waals surface area contributed by atoms with E-state index in [0.717, 1.165) is 23.6 Å². The number of ether oxygens (including phenoxy) is 2. The minimum Gasteiger partial charge on any atom is -0.497 e. The average Bonchev–Trinajstić information content (AvgIpc) is 2.78. The summed E-state index contributed by atoms with van der Waals surface area (Å²) in [6, 6.07) is 7.89. The Bertz CT molecular complexity index is 465. The number of hydrogen-bond donors (Lipinski definition) is 1. The molecular formula is C12H15N3O2. The van der Waals surface area contributed by atoms with Crippen molar-refractivity contribution in [3.05, 3.63) is 41.5 Å². The molecule has 0 saturated heterocycles. The van der Waals surface area contributed by atoms with Crippen molar-refractivity contribution in [3.8, 4) is 5.75 Å². The molecule has 0 saturated carbocycles. The van der Waals surface area contributed by atoms with Gasteiger partial charge in [0.25, 0.3) is 0 Å². The molecule has 90 valence electrons. The molecule has 5 nitrogen and oxygen atoms in total. The largest absolute Gasteiger partial charge is 0.497 e. The molecule has 0 aliphatic carbocycles. The third-order valence-corrected chi connectivity index (χ3v) is 2.38. The highest BCUT2D eigenvalue weighted by Gasteiger charge is 2.03. The highest BCUT2D eigenvalue weighted by Crippen LogP contribution is 2.13. The Morgan fingerprint density at radius 1 is 1.18 bits per heavy atom. The summed E-state index contributed by atoms with van der Waals surface area (Å²) in [6.45, 7) is 0.430. The van der Waals surface area contributed by atoms with Crippen molar-refractivity contribution in [2.75, 3.05) is 14.2 Å². The normalized spacial score (nSPS) is 10.5. The Kier molecular flexibility index (Phi) is 3.72. The van der Waals surface area contributed by atoms with Crippen LogP contribution in [0.3, 0.4) is 0 Å². The number of aromatic amines is 1. The van der Waals surface area contributed by atoms with Gasteiger partial charge in [0.15, 0.2) is 5.82 Å². The van der Waals surface area contributed by atoms with Gasteiger partial charge in [-0.15, -0.1) is 0 Å². The number of methoxy groups -OCH3 is 2. The van der Waals surface area contributed by atoms with Gasteiger partial charge in [-0.05, 0) is 17.7 Å². The van der Waals surface area contributed by atoms with Crippen molar-refractivity contribution in [1.29, 1.82) is 0 Å². The third kappa shape index (κ3) is 3.04. The lowest BCUT2D eigenvalue weighted by atomic mass is 10.1. The maximum Gasteiger partial charge on any atom is 0.176 e. The van der Waals surface area contributed by atoms with Gasteiger partial charge in [-0.1, -0.05) is 12.1 Å². The van der Waals surface area contributed by atoms with Crippen molar-refractivity contribution < 1.29 is 9.47 Å². The number of rotatable bonds is 5. The molecule has 2 rings (SSSR count). The van der Waals surface area contributed by atoms with Gasteiger partial charge < -0.3 is 9.47 Å². The van der Waals surface area contributed by atoms with Crippen LogP contribution in [-0.2, 0) is 17.8 Å². The minimum atomic E-state index is 0.430. The van der Waals surface area contributed by atoms with E-state index in [1.807, 2.05) is 24.3 Å². The molecule has 0 bridgehead atoms. The Hall–Kier alpha value is -1.88. The molecule has 2 aromatic rings. The van der Waals surface area contributed by atoms with Gasteiger partial charge >= 0.3 is 0 Å². The molecule has 1 heterocycles. The second-order valence-corrected chi connectivity index (χ2v) is 3.66. The summed E-state index contributed by atoms with van der Waals surface area (Å²) >= 11 is 0. The van der Waals surface area contributed by atoms with E-state index in [0.29, 0.717) is 12.4 Å². The number of nitrogens with zero attached hydrogens (tertiary/aromatic N) is 2. The van der Waals surface area contributed by atoms with Crippen LogP contribution in [0.1, 0.15) is 17.2 Å². The van der Waals surface area contributed by atoms with Gasteiger partial charge in [0.05, 0.1) is 7.11 Å². The first kappa shape index (κ1) is 11.6. The van der Waals surface area contributed by atoms with Gasteiger partial charge in [-0.2, -0.15) is 5.10 Å². The maximum absolute atomic E-state index is 5.10. The molecule has 0 amide bonds. The van der Waals surface area contributed by atoms with Gasteiger partial charge in [0.2, 0.25) is 0 Å². The standard InChI is InChI=1S/C12H15N3O2/c1-16-8-12-13-11(14-15-12)7-9-3-5-10(17-2)6-4-9/h3-6H,7-8H2,1-2H3,(H,13,14,15). The summed E-state index contributed by atoms with van der Waals surface area (Å²) in [7, 11) is 3.28. The van der Waals surface area contributed by atoms with Crippen molar-refractivity contribution >= 4 is 0 Å². The Balaban J connectivity index is 2.03. The van der Waals surface area contributed by atoms with Crippen LogP contribution in [-0.4, -0.2) is 29.4 Å². The van der Waals surface area contributed by atoms with Crippen LogP contribution in [0.2, 0.25) is 0 Å². The molecule has 1 aromatic carbocycles. The van der Waals surface area contributed by atoms with E-state index in [1.165, 1.54) is 0 Å². The first-order valence-electron chi connectivity index (χ1n) is 5.34. The lowest BCUT2D eigenvalue weighted by Gasteiger charge is -2.01. The van der Waals surface area contributed by atoms with Crippen LogP contribution >= 0.6 is 0 Å². The van der Waals surface area contributed by atoms with Crippen molar-refractivity contribution in [3.63, 3.8) is 0 Å². The minimum absolute atomic E-state index is 0.430. The number of hydrogen-bond acceptors (Lipinski definition) is 4. The van der Waals surface area contributed by atoms with E-state index in [-0.39, 0.29) is 0 Å². The van der Waals surface area contributed by atoms with Crippen molar-refractivity contribution in [1.82, 2.24) is 15.2 Å². The van der Waals surface area contributed by atoms with Crippen LogP contribution < -0.4 is 4.74 Å². The number of benzene rings is 1. The predicted molar refractivity (Wildman–Crippen MR) is 62.9 cm³/mol. The molecule has 1 N–H and O–H groups in total. The van der Waals surface area contributed by atoms with Gasteiger partial charge in [0.1, 0.15) is 18.2 Å². The zero-order chi connectivity index (χ0) is 12.1. The second-order valence-electron chi connectivity index (χ2n) is 3.66. The highest BCUT2D eigenvalue weighted by molar-refractivity contribution is 5.28. The smallest absolute Gasteiger partial charge is 0.176 e. The molecule has 5 heteroatoms. The summed E-state index contributed by atoms with van der Waals surface area (Å²) in [6.07, 6.45) is 0.723. The summed E-state index contributed by atoms with van der Waals surface area (Å²) < 4.78 is 10.1. The molecule has 0 radical (unpaired) electrons. The van der Waals surface area contributed by atoms with Crippen molar-refractivity contribution in [2.45, 2.75) is 13.0 Å². The van der Waals surface area contributed by atoms with E-state index in [9.17, 15) is 0 Å². The number of nitrogens with one attached hydrogen (secondary N) is 1. The zero-order valence-electron chi connectivity index (χ0n) is 9.93. The lowest BCUT2D eigenvalue weighted by molar-refractivity contribution is 0.178. The molecular weight excluding hydrogens is 218 g/mol. The van der Waals surface area contributed by atoms with E-state index < -0.39 is 0 Å². The monoisotopic (exact) mass is 233 g/mol. The zero-order valence-corrected chi connectivity index (χ0v) is 9.93. The third-order valence-electron chi connectivity index (χ3n) is 2.38.